The Hall–Kier alpha value is 1.19. The molecule has 0 spiro atoms. The summed E-state index contributed by atoms with van der Waals surface area (Å²) in [5, 5.41) is 5.86. The van der Waals surface area contributed by atoms with Gasteiger partial charge >= 0.3 is 0 Å². The molecule has 5 nitrogen and oxygen atoms in total. The zero-order valence-electron chi connectivity index (χ0n) is 19.7. The first-order chi connectivity index (χ1) is 13.3. The first-order valence-electron chi connectivity index (χ1n) is 9.74. The normalized spacial score (nSPS) is 14.3. The fraction of sp³-hybridized carbons (Fsp3) is 0.714. The van der Waals surface area contributed by atoms with Crippen molar-refractivity contribution in [1.82, 2.24) is 25.3 Å². The average Bonchev–Trinajstić information content (AvgIpc) is 2.45. The Labute approximate surface area is 233 Å². The molecule has 0 saturated carbocycles. The molecule has 3 aliphatic rings. The van der Waals surface area contributed by atoms with E-state index in [0.29, 0.717) is 0 Å². The Morgan fingerprint density at radius 2 is 1.24 bits per heavy atom. The van der Waals surface area contributed by atoms with Crippen molar-refractivity contribution in [2.24, 2.45) is 0 Å². The van der Waals surface area contributed by atoms with Crippen molar-refractivity contribution in [3.63, 3.8) is 0 Å². The van der Waals surface area contributed by atoms with Crippen molar-refractivity contribution in [2.45, 2.75) is 33.1 Å². The number of rotatable bonds is 3. The second-order valence-electron chi connectivity index (χ2n) is 6.68. The van der Waals surface area contributed by atoms with E-state index in [1.54, 1.807) is 6.92 Å². The molecule has 0 aliphatic carbocycles. The van der Waals surface area contributed by atoms with Crippen molar-refractivity contribution < 1.29 is 35.6 Å². The van der Waals surface area contributed by atoms with Crippen molar-refractivity contribution in [3.05, 3.63) is 37.3 Å². The van der Waals surface area contributed by atoms with Gasteiger partial charge < -0.3 is 31.4 Å². The van der Waals surface area contributed by atoms with Crippen LogP contribution in [0.5, 0.6) is 0 Å². The zero-order chi connectivity index (χ0) is 22.4. The van der Waals surface area contributed by atoms with E-state index in [0.717, 1.165) is 5.82 Å². The third-order valence-electron chi connectivity index (χ3n) is 3.84. The van der Waals surface area contributed by atoms with Gasteiger partial charge in [-0.15, -0.1) is 0 Å². The minimum atomic E-state index is 0. The SMILES string of the molecule is C1CNC1.C=C(C)N1CCC1.C=C(N(C)C)N1CCC1.C=[C-]C.CNC.II.[La]. The molecule has 3 heterocycles. The van der Waals surface area contributed by atoms with Gasteiger partial charge in [0.15, 0.2) is 0 Å². The molecule has 0 aromatic rings. The molecule has 29 heavy (non-hydrogen) atoms. The summed E-state index contributed by atoms with van der Waals surface area (Å²) in [5.74, 6) is 1.14. The Kier molecular flexibility index (Phi) is 37.8. The van der Waals surface area contributed by atoms with E-state index in [1.807, 2.05) is 28.2 Å². The van der Waals surface area contributed by atoms with Crippen LogP contribution in [0.4, 0.5) is 0 Å². The summed E-state index contributed by atoms with van der Waals surface area (Å²) in [5.41, 5.74) is 1.21. The van der Waals surface area contributed by atoms with Gasteiger partial charge in [0, 0.05) is 119 Å². The molecular weight excluding hydrogens is 715 g/mol. The molecule has 3 fully saturated rings. The van der Waals surface area contributed by atoms with Crippen LogP contribution in [0, 0.1) is 41.7 Å². The van der Waals surface area contributed by atoms with Gasteiger partial charge in [-0.25, -0.2) is 0 Å². The molecule has 0 unspecified atom stereocenters. The predicted octanol–water partition coefficient (Wildman–Crippen LogP) is 4.53. The summed E-state index contributed by atoms with van der Waals surface area (Å²) < 4.78 is 0. The summed E-state index contributed by atoms with van der Waals surface area (Å²) in [6.07, 6.45) is 6.57. The van der Waals surface area contributed by atoms with Gasteiger partial charge in [-0.2, -0.15) is 6.92 Å². The number of halogens is 2. The third-order valence-corrected chi connectivity index (χ3v) is 3.84. The maximum absolute atomic E-state index is 3.93. The number of hydrogen-bond acceptors (Lipinski definition) is 5. The molecular formula is C21H44I2LaN5-. The number of allylic oxidation sites excluding steroid dienone is 2. The maximum Gasteiger partial charge on any atom is 0.0959 e. The first-order valence-corrected chi connectivity index (χ1v) is 16.0. The molecule has 0 atom stereocenters. The molecule has 8 heteroatoms. The zero-order valence-corrected chi connectivity index (χ0v) is 27.6. The largest absolute Gasteiger partial charge is 0.507 e. The first kappa shape index (κ1) is 37.5. The van der Waals surface area contributed by atoms with Crippen LogP contribution in [0.25, 0.3) is 0 Å². The van der Waals surface area contributed by atoms with E-state index in [9.17, 15) is 0 Å². The van der Waals surface area contributed by atoms with E-state index < -0.39 is 0 Å². The van der Waals surface area contributed by atoms with Gasteiger partial charge in [-0.05, 0) is 53.4 Å². The topological polar surface area (TPSA) is 33.8 Å². The van der Waals surface area contributed by atoms with E-state index in [1.165, 1.54) is 64.2 Å². The predicted molar refractivity (Wildman–Crippen MR) is 145 cm³/mol. The smallest absolute Gasteiger partial charge is 0.0959 e. The Morgan fingerprint density at radius 3 is 1.28 bits per heavy atom. The van der Waals surface area contributed by atoms with Crippen LogP contribution in [-0.4, -0.2) is 82.2 Å². The van der Waals surface area contributed by atoms with Gasteiger partial charge in [0.1, 0.15) is 0 Å². The molecule has 171 valence electrons. The molecule has 3 aliphatic heterocycles. The van der Waals surface area contributed by atoms with Gasteiger partial charge in [-0.1, -0.05) is 13.2 Å². The molecule has 0 aromatic heterocycles. The molecule has 3 rings (SSSR count). The summed E-state index contributed by atoms with van der Waals surface area (Å²) >= 11 is 4.24. The standard InChI is InChI=1S/C7H14N2.C6H11N.C3H7N.C3H5.C2H7N.I2.La/c1-7(8(2)3)9-5-4-6-9;1-6(2)7-4-3-5-7;1-2-4-3-1;2*1-3-2;1-2;/h1,4-6H2,2-3H3;1,3-5H2,2H3;4H,1-3H2;1H2,2H3;3H,1-2H3;;/q;;;-1;;;. The number of nitrogens with zero attached hydrogens (tertiary/aromatic N) is 3. The van der Waals surface area contributed by atoms with Crippen LogP contribution in [0.3, 0.4) is 0 Å². The van der Waals surface area contributed by atoms with Gasteiger partial charge in [0.2, 0.25) is 0 Å². The summed E-state index contributed by atoms with van der Waals surface area (Å²) in [6, 6.07) is 0. The fourth-order valence-corrected chi connectivity index (χ4v) is 1.73. The third kappa shape index (κ3) is 25.3. The van der Waals surface area contributed by atoms with E-state index in [-0.39, 0.29) is 35.6 Å². The van der Waals surface area contributed by atoms with Gasteiger partial charge in [-0.3, -0.25) is 6.58 Å². The summed E-state index contributed by atoms with van der Waals surface area (Å²) in [7, 11) is 7.81. The van der Waals surface area contributed by atoms with Crippen molar-refractivity contribution >= 4 is 37.2 Å². The second kappa shape index (κ2) is 29.2. The monoisotopic (exact) mass is 759 g/mol. The Morgan fingerprint density at radius 1 is 0.966 bits per heavy atom. The quantitative estimate of drug-likeness (QED) is 0.327. The van der Waals surface area contributed by atoms with Crippen LogP contribution in [0.15, 0.2) is 31.3 Å². The van der Waals surface area contributed by atoms with Gasteiger partial charge in [0.25, 0.3) is 0 Å². The van der Waals surface area contributed by atoms with Crippen LogP contribution < -0.4 is 10.6 Å². The molecule has 3 saturated heterocycles. The number of likely N-dealkylation sites (tertiary alicyclic amines) is 2. The summed E-state index contributed by atoms with van der Waals surface area (Å²) in [6.45, 7) is 22.1. The average molecular weight is 759 g/mol. The number of nitrogens with one attached hydrogen (secondary N) is 2. The second-order valence-corrected chi connectivity index (χ2v) is 6.68. The van der Waals surface area contributed by atoms with E-state index in [4.69, 9.17) is 0 Å². The minimum Gasteiger partial charge on any atom is -0.507 e. The maximum atomic E-state index is 3.93. The van der Waals surface area contributed by atoms with Crippen LogP contribution in [-0.2, 0) is 0 Å². The Bertz CT molecular complexity index is 366. The molecule has 1 radical (unpaired) electrons. The summed E-state index contributed by atoms with van der Waals surface area (Å²) in [4.78, 5) is 6.61. The minimum absolute atomic E-state index is 0. The van der Waals surface area contributed by atoms with Crippen LogP contribution >= 0.6 is 37.2 Å². The Balaban J connectivity index is -0.000000140. The fourth-order valence-electron chi connectivity index (χ4n) is 1.73. The van der Waals surface area contributed by atoms with Crippen LogP contribution in [0.2, 0.25) is 0 Å². The van der Waals surface area contributed by atoms with E-state index in [2.05, 4.69) is 95.3 Å². The van der Waals surface area contributed by atoms with Crippen LogP contribution in [0.1, 0.15) is 33.1 Å². The molecule has 0 amide bonds. The van der Waals surface area contributed by atoms with Crippen molar-refractivity contribution in [1.29, 1.82) is 0 Å². The molecule has 0 bridgehead atoms. The van der Waals surface area contributed by atoms with Gasteiger partial charge in [0.05, 0.1) is 5.82 Å². The van der Waals surface area contributed by atoms with Crippen molar-refractivity contribution in [2.75, 3.05) is 67.5 Å². The molecule has 0 aromatic carbocycles. The number of hydrogen-bond donors (Lipinski definition) is 2. The van der Waals surface area contributed by atoms with Crippen molar-refractivity contribution in [3.8, 4) is 0 Å². The molecule has 2 N–H and O–H groups in total. The van der Waals surface area contributed by atoms with E-state index >= 15 is 0 Å².